The van der Waals surface area contributed by atoms with Crippen LogP contribution in [0.2, 0.25) is 0 Å². The molecule has 0 amide bonds. The number of aromatic nitrogens is 3. The quantitative estimate of drug-likeness (QED) is 0.0699. The third-order valence-corrected chi connectivity index (χ3v) is 7.38. The summed E-state index contributed by atoms with van der Waals surface area (Å²) in [4.78, 5) is 29.0. The summed E-state index contributed by atoms with van der Waals surface area (Å²) in [5.41, 5.74) is 4.50. The van der Waals surface area contributed by atoms with Crippen molar-refractivity contribution in [1.29, 1.82) is 0 Å². The van der Waals surface area contributed by atoms with Gasteiger partial charge in [-0.15, -0.1) is 11.6 Å². The number of rotatable bonds is 13. The average Bonchev–Trinajstić information content (AvgIpc) is 3.21. The van der Waals surface area contributed by atoms with E-state index >= 15 is 0 Å². The zero-order chi connectivity index (χ0) is 31.2. The third kappa shape index (κ3) is 8.45. The molecule has 0 saturated carbocycles. The monoisotopic (exact) mass is 647 g/mol. The van der Waals surface area contributed by atoms with Crippen LogP contribution in [0.25, 0.3) is 11.0 Å². The van der Waals surface area contributed by atoms with Gasteiger partial charge in [0.05, 0.1) is 6.10 Å². The van der Waals surface area contributed by atoms with Crippen molar-refractivity contribution in [2.45, 2.75) is 57.2 Å². The highest BCUT2D eigenvalue weighted by molar-refractivity contribution is 7.52. The Morgan fingerprint density at radius 3 is 2.62 bits per heavy atom. The number of aromatic amines is 1. The molecule has 5 atom stereocenters. The first-order chi connectivity index (χ1) is 19.7. The van der Waals surface area contributed by atoms with Gasteiger partial charge in [-0.05, 0) is 51.4 Å². The van der Waals surface area contributed by atoms with E-state index in [4.69, 9.17) is 47.5 Å². The van der Waals surface area contributed by atoms with E-state index in [1.54, 1.807) is 32.0 Å². The number of nitrogens with two attached hydrogens (primary N) is 1. The molecule has 5 N–H and O–H groups in total. The maximum Gasteiger partial charge on any atom is 0.459 e. The van der Waals surface area contributed by atoms with E-state index in [-0.39, 0.29) is 17.3 Å². The molecule has 0 spiro atoms. The fourth-order valence-electron chi connectivity index (χ4n) is 3.60. The van der Waals surface area contributed by atoms with Crippen molar-refractivity contribution in [2.75, 3.05) is 12.3 Å². The van der Waals surface area contributed by atoms with Crippen molar-refractivity contribution < 1.29 is 37.4 Å². The maximum absolute atomic E-state index is 14.8. The molecular weight excluding hydrogens is 619 g/mol. The minimum Gasteiger partial charge on any atom is -0.462 e. The van der Waals surface area contributed by atoms with Gasteiger partial charge < -0.3 is 24.8 Å². The number of hydrogen-bond acceptors (Lipinski definition) is 10. The number of nitrogen functional groups attached to an aromatic ring is 1. The van der Waals surface area contributed by atoms with Crippen molar-refractivity contribution in [3.8, 4) is 17.0 Å². The highest BCUT2D eigenvalue weighted by Gasteiger charge is 2.39. The zero-order valence-corrected chi connectivity index (χ0v) is 25.2. The summed E-state index contributed by atoms with van der Waals surface area (Å²) in [6.07, 6.45) is -3.07. The van der Waals surface area contributed by atoms with Gasteiger partial charge in [-0.2, -0.15) is 10.1 Å². The van der Waals surface area contributed by atoms with E-state index in [9.17, 15) is 23.7 Å². The molecule has 3 aromatic rings. The second kappa shape index (κ2) is 13.9. The Labute approximate surface area is 250 Å². The number of H-pyrrole nitrogens is 1. The van der Waals surface area contributed by atoms with Gasteiger partial charge in [0.1, 0.15) is 28.7 Å². The topological polar surface area (TPSA) is 180 Å². The lowest BCUT2D eigenvalue weighted by molar-refractivity contribution is -0.179. The first-order valence-corrected chi connectivity index (χ1v) is 14.6. The molecule has 42 heavy (non-hydrogen) atoms. The average molecular weight is 648 g/mol. The number of aliphatic hydroxyl groups is 1. The Hall–Kier alpha value is -3.15. The predicted octanol–water partition coefficient (Wildman–Crippen LogP) is 3.61. The van der Waals surface area contributed by atoms with Crippen LogP contribution in [0.1, 0.15) is 33.9 Å². The number of carbonyl (C=O) groups excluding carboxylic acids is 1. The van der Waals surface area contributed by atoms with E-state index in [1.807, 2.05) is 0 Å². The normalized spacial score (nSPS) is 16.5. The molecule has 1 aromatic carbocycles. The molecule has 13 nitrogen and oxygen atoms in total. The number of aliphatic hydroxyl groups excluding tert-OH is 1. The fourth-order valence-corrected chi connectivity index (χ4v) is 5.53. The first kappa shape index (κ1) is 33.4. The molecule has 0 aliphatic carbocycles. The number of benzene rings is 1. The number of carbonyl (C=O) groups is 1. The van der Waals surface area contributed by atoms with Crippen molar-refractivity contribution in [3.05, 3.63) is 52.7 Å². The molecule has 3 rings (SSSR count). The number of ether oxygens (including phenoxy) is 2. The summed E-state index contributed by atoms with van der Waals surface area (Å²) >= 11 is 12.1. The SMILES string of the molecule is CC(C)OC(=O)C(C)NP(=O)(OC[C@H](O)O[C@@H](n1cc(F)c2c(=O)[nH]c(N)nc21)C(C)(Cl)C#CCl)Oc1ccccc1. The zero-order valence-electron chi connectivity index (χ0n) is 22.8. The van der Waals surface area contributed by atoms with E-state index in [0.717, 1.165) is 10.8 Å². The number of nitrogens with zero attached hydrogens (tertiary/aromatic N) is 2. The van der Waals surface area contributed by atoms with Crippen LogP contribution in [0.3, 0.4) is 0 Å². The number of anilines is 1. The van der Waals surface area contributed by atoms with Gasteiger partial charge in [0.15, 0.2) is 24.0 Å². The number of alkyl halides is 1. The molecular formula is C25H29Cl2FN5O8P. The van der Waals surface area contributed by atoms with Crippen LogP contribution in [-0.2, 0) is 23.4 Å². The van der Waals surface area contributed by atoms with Crippen LogP contribution in [0.15, 0.2) is 41.3 Å². The summed E-state index contributed by atoms with van der Waals surface area (Å²) in [5, 5.41) is 14.9. The lowest BCUT2D eigenvalue weighted by Gasteiger charge is -2.31. The predicted molar refractivity (Wildman–Crippen MR) is 153 cm³/mol. The lowest BCUT2D eigenvalue weighted by Crippen LogP contribution is -2.38. The van der Waals surface area contributed by atoms with Crippen molar-refractivity contribution in [3.63, 3.8) is 0 Å². The van der Waals surface area contributed by atoms with Crippen LogP contribution < -0.4 is 20.9 Å². The Bertz CT molecular complexity index is 1570. The summed E-state index contributed by atoms with van der Waals surface area (Å²) in [6.45, 7) is 5.19. The highest BCUT2D eigenvalue weighted by Crippen LogP contribution is 2.45. The molecule has 0 fully saturated rings. The molecule has 17 heteroatoms. The minimum atomic E-state index is -4.38. The van der Waals surface area contributed by atoms with Gasteiger partial charge in [-0.25, -0.2) is 8.96 Å². The van der Waals surface area contributed by atoms with Crippen LogP contribution in [0.4, 0.5) is 10.3 Å². The lowest BCUT2D eigenvalue weighted by atomic mass is 10.1. The molecule has 0 radical (unpaired) electrons. The third-order valence-electron chi connectivity index (χ3n) is 5.36. The molecule has 3 unspecified atom stereocenters. The van der Waals surface area contributed by atoms with Crippen LogP contribution in [-0.4, -0.2) is 55.5 Å². The molecule has 0 saturated heterocycles. The summed E-state index contributed by atoms with van der Waals surface area (Å²) in [5.74, 6) is 0.534. The number of esters is 1. The minimum absolute atomic E-state index is 0.125. The Kier molecular flexibility index (Phi) is 11.0. The molecule has 0 aliphatic rings. The molecule has 2 aromatic heterocycles. The number of nitrogens with one attached hydrogen (secondary N) is 2. The number of para-hydroxylation sites is 1. The van der Waals surface area contributed by atoms with Crippen molar-refractivity contribution in [2.24, 2.45) is 0 Å². The Morgan fingerprint density at radius 2 is 2.00 bits per heavy atom. The van der Waals surface area contributed by atoms with E-state index < -0.39 is 66.6 Å². The number of hydrogen-bond donors (Lipinski definition) is 4. The van der Waals surface area contributed by atoms with Gasteiger partial charge in [0, 0.05) is 11.6 Å². The van der Waals surface area contributed by atoms with Gasteiger partial charge in [-0.3, -0.25) is 23.7 Å². The standard InChI is InChI=1S/C25H29Cl2FN5O8P/c1-14(2)39-22(36)15(3)32-42(37,41-16-8-6-5-7-9-16)38-13-18(34)40-23(25(4,27)10-11-26)33-12-17(28)19-20(33)30-24(29)31-21(19)35/h5-9,12,14-15,18,23,34H,13H2,1-4H3,(H,32,37)(H3,29,30,31,35)/t15?,18-,23-,25?,42?/m1/s1. The van der Waals surface area contributed by atoms with Crippen molar-refractivity contribution in [1.82, 2.24) is 19.6 Å². The van der Waals surface area contributed by atoms with E-state index in [2.05, 4.69) is 26.4 Å². The second-order valence-electron chi connectivity index (χ2n) is 9.31. The second-order valence-corrected chi connectivity index (χ2v) is 12.0. The Balaban J connectivity index is 1.90. The van der Waals surface area contributed by atoms with E-state index in [0.29, 0.717) is 0 Å². The van der Waals surface area contributed by atoms with Gasteiger partial charge >= 0.3 is 13.7 Å². The molecule has 228 valence electrons. The molecule has 2 heterocycles. The number of fused-ring (bicyclic) bond motifs is 1. The molecule has 0 bridgehead atoms. The summed E-state index contributed by atoms with van der Waals surface area (Å²) < 4.78 is 51.2. The highest BCUT2D eigenvalue weighted by atomic mass is 35.5. The Morgan fingerprint density at radius 1 is 1.33 bits per heavy atom. The van der Waals surface area contributed by atoms with Crippen LogP contribution in [0, 0.1) is 17.1 Å². The maximum atomic E-state index is 14.8. The van der Waals surface area contributed by atoms with Gasteiger partial charge in [-0.1, -0.05) is 24.1 Å². The van der Waals surface area contributed by atoms with Gasteiger partial charge in [0.25, 0.3) is 5.56 Å². The number of halogens is 3. The fraction of sp³-hybridized carbons (Fsp3) is 0.400. The largest absolute Gasteiger partial charge is 0.462 e. The first-order valence-electron chi connectivity index (χ1n) is 12.3. The molecule has 0 aliphatic heterocycles. The van der Waals surface area contributed by atoms with E-state index in [1.165, 1.54) is 26.0 Å². The van der Waals surface area contributed by atoms with Crippen LogP contribution in [0.5, 0.6) is 5.75 Å². The smallest absolute Gasteiger partial charge is 0.459 e. The van der Waals surface area contributed by atoms with Gasteiger partial charge in [0.2, 0.25) is 5.95 Å². The summed E-state index contributed by atoms with van der Waals surface area (Å²) in [7, 11) is -4.38. The van der Waals surface area contributed by atoms with Crippen molar-refractivity contribution >= 4 is 53.9 Å². The summed E-state index contributed by atoms with van der Waals surface area (Å²) in [6, 6.07) is 6.76. The van der Waals surface area contributed by atoms with Crippen LogP contribution >= 0.6 is 30.9 Å².